The van der Waals surface area contributed by atoms with Crippen molar-refractivity contribution < 1.29 is 5.11 Å². The normalized spacial score (nSPS) is 14.9. The Kier molecular flexibility index (Phi) is 6.99. The van der Waals surface area contributed by atoms with Crippen LogP contribution in [0, 0.1) is 0 Å². The molecule has 0 spiro atoms. The highest BCUT2D eigenvalue weighted by molar-refractivity contribution is 5.12. The van der Waals surface area contributed by atoms with Crippen LogP contribution in [0.3, 0.4) is 0 Å². The van der Waals surface area contributed by atoms with Crippen molar-refractivity contribution in [1.29, 1.82) is 0 Å². The summed E-state index contributed by atoms with van der Waals surface area (Å²) in [6.45, 7) is 7.47. The lowest BCUT2D eigenvalue weighted by atomic mass is 9.99. The number of hydrogen-bond donors (Lipinski definition) is 2. The molecule has 3 N–H and O–H groups in total. The maximum Gasteiger partial charge on any atom is 0.0675 e. The summed E-state index contributed by atoms with van der Waals surface area (Å²) in [5, 5.41) is 9.07. The molecule has 4 nitrogen and oxygen atoms in total. The predicted molar refractivity (Wildman–Crippen MR) is 78.8 cm³/mol. The van der Waals surface area contributed by atoms with E-state index in [1.165, 1.54) is 0 Å². The Morgan fingerprint density at radius 1 is 1.37 bits per heavy atom. The van der Waals surface area contributed by atoms with Gasteiger partial charge in [0.25, 0.3) is 0 Å². The van der Waals surface area contributed by atoms with Crippen LogP contribution in [0.2, 0.25) is 0 Å². The molecule has 0 aliphatic rings. The first-order valence-electron chi connectivity index (χ1n) is 7.14. The second-order valence-electron chi connectivity index (χ2n) is 5.18. The third kappa shape index (κ3) is 4.56. The molecular formula is C15H27N3O. The van der Waals surface area contributed by atoms with E-state index in [-0.39, 0.29) is 18.7 Å². The lowest BCUT2D eigenvalue weighted by Gasteiger charge is -2.37. The van der Waals surface area contributed by atoms with E-state index in [4.69, 9.17) is 10.8 Å². The quantitative estimate of drug-likeness (QED) is 0.754. The SMILES string of the molecule is CCC(N)C(c1ccccn1)N(CCCO)C(C)C. The minimum absolute atomic E-state index is 0.0518. The van der Waals surface area contributed by atoms with Crippen LogP contribution in [0.4, 0.5) is 0 Å². The van der Waals surface area contributed by atoms with E-state index in [2.05, 4.69) is 30.7 Å². The maximum absolute atomic E-state index is 9.07. The van der Waals surface area contributed by atoms with Crippen molar-refractivity contribution in [3.63, 3.8) is 0 Å². The van der Waals surface area contributed by atoms with E-state index in [9.17, 15) is 0 Å². The molecule has 0 aliphatic carbocycles. The Morgan fingerprint density at radius 3 is 2.58 bits per heavy atom. The van der Waals surface area contributed by atoms with Gasteiger partial charge in [0, 0.05) is 31.4 Å². The van der Waals surface area contributed by atoms with Gasteiger partial charge in [-0.15, -0.1) is 0 Å². The molecule has 2 unspecified atom stereocenters. The van der Waals surface area contributed by atoms with Gasteiger partial charge in [-0.1, -0.05) is 13.0 Å². The largest absolute Gasteiger partial charge is 0.396 e. The van der Waals surface area contributed by atoms with E-state index >= 15 is 0 Å². The summed E-state index contributed by atoms with van der Waals surface area (Å²) in [5.41, 5.74) is 7.33. The molecule has 0 saturated heterocycles. The molecule has 1 heterocycles. The zero-order valence-electron chi connectivity index (χ0n) is 12.3. The van der Waals surface area contributed by atoms with E-state index in [1.807, 2.05) is 24.4 Å². The molecule has 1 aromatic rings. The molecule has 0 fully saturated rings. The molecule has 0 radical (unpaired) electrons. The molecule has 0 aromatic carbocycles. The average Bonchev–Trinajstić information content (AvgIpc) is 2.43. The number of rotatable bonds is 8. The highest BCUT2D eigenvalue weighted by atomic mass is 16.3. The van der Waals surface area contributed by atoms with Gasteiger partial charge in [-0.25, -0.2) is 0 Å². The highest BCUT2D eigenvalue weighted by Crippen LogP contribution is 2.25. The summed E-state index contributed by atoms with van der Waals surface area (Å²) >= 11 is 0. The van der Waals surface area contributed by atoms with Gasteiger partial charge in [0.15, 0.2) is 0 Å². The third-order valence-corrected chi connectivity index (χ3v) is 3.46. The zero-order chi connectivity index (χ0) is 14.3. The van der Waals surface area contributed by atoms with Crippen molar-refractivity contribution in [3.05, 3.63) is 30.1 Å². The van der Waals surface area contributed by atoms with Gasteiger partial charge in [0.1, 0.15) is 0 Å². The Hall–Kier alpha value is -0.970. The summed E-state index contributed by atoms with van der Waals surface area (Å²) < 4.78 is 0. The first-order valence-corrected chi connectivity index (χ1v) is 7.14. The van der Waals surface area contributed by atoms with Crippen LogP contribution in [0.25, 0.3) is 0 Å². The van der Waals surface area contributed by atoms with Crippen LogP contribution in [0.1, 0.15) is 45.3 Å². The summed E-state index contributed by atoms with van der Waals surface area (Å²) in [6.07, 6.45) is 3.48. The fourth-order valence-corrected chi connectivity index (χ4v) is 2.38. The Bertz CT molecular complexity index is 343. The van der Waals surface area contributed by atoms with E-state index in [0.29, 0.717) is 6.04 Å². The Labute approximate surface area is 116 Å². The van der Waals surface area contributed by atoms with E-state index in [1.54, 1.807) is 0 Å². The molecule has 0 bridgehead atoms. The summed E-state index contributed by atoms with van der Waals surface area (Å²) in [7, 11) is 0. The minimum Gasteiger partial charge on any atom is -0.396 e. The van der Waals surface area contributed by atoms with Crippen molar-refractivity contribution in [1.82, 2.24) is 9.88 Å². The number of pyridine rings is 1. The first kappa shape index (κ1) is 16.1. The molecule has 2 atom stereocenters. The maximum atomic E-state index is 9.07. The number of nitrogens with two attached hydrogens (primary N) is 1. The fraction of sp³-hybridized carbons (Fsp3) is 0.667. The number of aliphatic hydroxyl groups excluding tert-OH is 1. The minimum atomic E-state index is 0.0518. The number of hydrogen-bond acceptors (Lipinski definition) is 4. The van der Waals surface area contributed by atoms with Gasteiger partial charge < -0.3 is 10.8 Å². The third-order valence-electron chi connectivity index (χ3n) is 3.46. The molecule has 108 valence electrons. The van der Waals surface area contributed by atoms with Crippen molar-refractivity contribution >= 4 is 0 Å². The molecule has 0 amide bonds. The average molecular weight is 265 g/mol. The second-order valence-corrected chi connectivity index (χ2v) is 5.18. The van der Waals surface area contributed by atoms with Crippen molar-refractivity contribution in [2.45, 2.75) is 51.7 Å². The van der Waals surface area contributed by atoms with E-state index < -0.39 is 0 Å². The summed E-state index contributed by atoms with van der Waals surface area (Å²) in [5.74, 6) is 0. The van der Waals surface area contributed by atoms with Gasteiger partial charge in [-0.05, 0) is 38.8 Å². The second kappa shape index (κ2) is 8.25. The monoisotopic (exact) mass is 265 g/mol. The van der Waals surface area contributed by atoms with Crippen LogP contribution in [0.15, 0.2) is 24.4 Å². The first-order chi connectivity index (χ1) is 9.11. The molecule has 1 rings (SSSR count). The fourth-order valence-electron chi connectivity index (χ4n) is 2.38. The summed E-state index contributed by atoms with van der Waals surface area (Å²) in [6, 6.07) is 6.49. The smallest absolute Gasteiger partial charge is 0.0675 e. The lowest BCUT2D eigenvalue weighted by Crippen LogP contribution is -2.45. The van der Waals surface area contributed by atoms with Crippen molar-refractivity contribution in [2.75, 3.05) is 13.2 Å². The topological polar surface area (TPSA) is 62.4 Å². The van der Waals surface area contributed by atoms with Crippen LogP contribution in [-0.2, 0) is 0 Å². The van der Waals surface area contributed by atoms with Gasteiger partial charge in [0.2, 0.25) is 0 Å². The highest BCUT2D eigenvalue weighted by Gasteiger charge is 2.28. The van der Waals surface area contributed by atoms with E-state index in [0.717, 1.165) is 25.1 Å². The van der Waals surface area contributed by atoms with Crippen molar-refractivity contribution in [2.24, 2.45) is 5.73 Å². The predicted octanol–water partition coefficient (Wildman–Crippen LogP) is 1.95. The zero-order valence-corrected chi connectivity index (χ0v) is 12.3. The molecule has 0 aliphatic heterocycles. The van der Waals surface area contributed by atoms with Crippen molar-refractivity contribution in [3.8, 4) is 0 Å². The molecule has 4 heteroatoms. The number of aliphatic hydroxyl groups is 1. The lowest BCUT2D eigenvalue weighted by molar-refractivity contribution is 0.115. The number of aromatic nitrogens is 1. The molecule has 1 aromatic heterocycles. The van der Waals surface area contributed by atoms with Gasteiger partial charge in [-0.3, -0.25) is 9.88 Å². The molecule has 19 heavy (non-hydrogen) atoms. The van der Waals surface area contributed by atoms with Crippen LogP contribution in [0.5, 0.6) is 0 Å². The van der Waals surface area contributed by atoms with Gasteiger partial charge in [0.05, 0.1) is 11.7 Å². The Balaban J connectivity index is 2.99. The molecule has 0 saturated carbocycles. The molecular weight excluding hydrogens is 238 g/mol. The number of nitrogens with zero attached hydrogens (tertiary/aromatic N) is 2. The standard InChI is InChI=1S/C15H27N3O/c1-4-13(16)15(14-8-5-6-9-17-14)18(12(2)3)10-7-11-19/h5-6,8-9,12-13,15,19H,4,7,10-11,16H2,1-3H3. The van der Waals surface area contributed by atoms with Crippen LogP contribution in [-0.4, -0.2) is 40.2 Å². The van der Waals surface area contributed by atoms with Crippen LogP contribution < -0.4 is 5.73 Å². The summed E-state index contributed by atoms with van der Waals surface area (Å²) in [4.78, 5) is 6.82. The van der Waals surface area contributed by atoms with Gasteiger partial charge in [-0.2, -0.15) is 0 Å². The Morgan fingerprint density at radius 2 is 2.11 bits per heavy atom. The van der Waals surface area contributed by atoms with Gasteiger partial charge >= 0.3 is 0 Å². The van der Waals surface area contributed by atoms with Crippen LogP contribution >= 0.6 is 0 Å².